The lowest BCUT2D eigenvalue weighted by Gasteiger charge is -2.01. The van der Waals surface area contributed by atoms with Gasteiger partial charge in [-0.2, -0.15) is 0 Å². The molecule has 0 saturated carbocycles. The average Bonchev–Trinajstić information content (AvgIpc) is 2.17. The van der Waals surface area contributed by atoms with Crippen LogP contribution in [-0.4, -0.2) is 12.6 Å². The van der Waals surface area contributed by atoms with Crippen molar-refractivity contribution in [1.82, 2.24) is 0 Å². The summed E-state index contributed by atoms with van der Waals surface area (Å²) in [6.45, 7) is 4.58. The molecule has 2 nitrogen and oxygen atoms in total. The molecule has 0 rings (SSSR count). The number of carbonyl (C=O) groups excluding carboxylic acids is 1. The SMILES string of the molecule is CC=CC(=O)OCCCCCCCC. The Balaban J connectivity index is 3.09. The summed E-state index contributed by atoms with van der Waals surface area (Å²) in [5.74, 6) is -0.221. The molecule has 0 spiro atoms. The second kappa shape index (κ2) is 10.3. The lowest BCUT2D eigenvalue weighted by atomic mass is 10.1. The molecule has 0 fully saturated rings. The fourth-order valence-electron chi connectivity index (χ4n) is 1.24. The third-order valence-corrected chi connectivity index (χ3v) is 2.04. The van der Waals surface area contributed by atoms with Gasteiger partial charge in [-0.25, -0.2) is 4.79 Å². The highest BCUT2D eigenvalue weighted by molar-refractivity contribution is 5.81. The monoisotopic (exact) mass is 198 g/mol. The number of ether oxygens (including phenoxy) is 1. The maximum atomic E-state index is 10.9. The van der Waals surface area contributed by atoms with Crippen LogP contribution in [0.2, 0.25) is 0 Å². The van der Waals surface area contributed by atoms with E-state index in [1.54, 1.807) is 6.08 Å². The van der Waals surface area contributed by atoms with Gasteiger partial charge < -0.3 is 4.74 Å². The van der Waals surface area contributed by atoms with E-state index >= 15 is 0 Å². The standard InChI is InChI=1S/C12H22O2/c1-3-5-6-7-8-9-11-14-12(13)10-4-2/h4,10H,3,5-9,11H2,1-2H3. The normalized spacial score (nSPS) is 10.7. The van der Waals surface area contributed by atoms with Crippen molar-refractivity contribution in [3.8, 4) is 0 Å². The van der Waals surface area contributed by atoms with Crippen molar-refractivity contribution in [2.75, 3.05) is 6.61 Å². The Bertz CT molecular complexity index is 162. The quantitative estimate of drug-likeness (QED) is 0.339. The van der Waals surface area contributed by atoms with Gasteiger partial charge in [0.2, 0.25) is 0 Å². The Kier molecular flexibility index (Phi) is 9.71. The Morgan fingerprint density at radius 3 is 2.43 bits per heavy atom. The zero-order valence-electron chi connectivity index (χ0n) is 9.42. The highest BCUT2D eigenvalue weighted by Crippen LogP contribution is 2.04. The molecule has 0 aromatic carbocycles. The summed E-state index contributed by atoms with van der Waals surface area (Å²) in [5.41, 5.74) is 0. The predicted octanol–water partition coefficient (Wildman–Crippen LogP) is 3.47. The maximum Gasteiger partial charge on any atom is 0.330 e. The van der Waals surface area contributed by atoms with Crippen LogP contribution in [0.3, 0.4) is 0 Å². The van der Waals surface area contributed by atoms with Crippen molar-refractivity contribution in [2.45, 2.75) is 52.4 Å². The first-order valence-corrected chi connectivity index (χ1v) is 5.60. The molecule has 82 valence electrons. The summed E-state index contributed by atoms with van der Waals surface area (Å²) in [6.07, 6.45) is 10.5. The molecule has 0 aromatic heterocycles. The van der Waals surface area contributed by atoms with Crippen LogP contribution in [0.5, 0.6) is 0 Å². The summed E-state index contributed by atoms with van der Waals surface area (Å²) in [4.78, 5) is 10.9. The fourth-order valence-corrected chi connectivity index (χ4v) is 1.24. The van der Waals surface area contributed by atoms with Crippen LogP contribution in [0.1, 0.15) is 52.4 Å². The summed E-state index contributed by atoms with van der Waals surface area (Å²) >= 11 is 0. The van der Waals surface area contributed by atoms with Gasteiger partial charge in [-0.3, -0.25) is 0 Å². The molecule has 0 bridgehead atoms. The van der Waals surface area contributed by atoms with E-state index in [2.05, 4.69) is 6.92 Å². The molecule has 2 heteroatoms. The number of carbonyl (C=O) groups is 1. The fraction of sp³-hybridized carbons (Fsp3) is 0.750. The van der Waals surface area contributed by atoms with Crippen molar-refractivity contribution in [2.24, 2.45) is 0 Å². The first kappa shape index (κ1) is 13.2. The maximum absolute atomic E-state index is 10.9. The minimum atomic E-state index is -0.221. The van der Waals surface area contributed by atoms with Crippen LogP contribution in [0.25, 0.3) is 0 Å². The predicted molar refractivity (Wildman–Crippen MR) is 59.1 cm³/mol. The average molecular weight is 198 g/mol. The minimum Gasteiger partial charge on any atom is -0.463 e. The highest BCUT2D eigenvalue weighted by atomic mass is 16.5. The first-order valence-electron chi connectivity index (χ1n) is 5.60. The summed E-state index contributed by atoms with van der Waals surface area (Å²) in [7, 11) is 0. The van der Waals surface area contributed by atoms with Gasteiger partial charge in [-0.1, -0.05) is 45.1 Å². The van der Waals surface area contributed by atoms with Crippen molar-refractivity contribution >= 4 is 5.97 Å². The van der Waals surface area contributed by atoms with E-state index in [1.165, 1.54) is 38.2 Å². The van der Waals surface area contributed by atoms with E-state index in [0.29, 0.717) is 6.61 Å². The van der Waals surface area contributed by atoms with Crippen LogP contribution in [0, 0.1) is 0 Å². The van der Waals surface area contributed by atoms with Crippen LogP contribution >= 0.6 is 0 Å². The molecule has 14 heavy (non-hydrogen) atoms. The number of rotatable bonds is 8. The van der Waals surface area contributed by atoms with Gasteiger partial charge >= 0.3 is 5.97 Å². The number of allylic oxidation sites excluding steroid dienone is 1. The van der Waals surface area contributed by atoms with Crippen molar-refractivity contribution < 1.29 is 9.53 Å². The molecule has 0 atom stereocenters. The van der Waals surface area contributed by atoms with Crippen LogP contribution in [0.15, 0.2) is 12.2 Å². The van der Waals surface area contributed by atoms with Gasteiger partial charge in [-0.15, -0.1) is 0 Å². The Hall–Kier alpha value is -0.790. The molecule has 0 heterocycles. The first-order chi connectivity index (χ1) is 6.81. The Labute approximate surface area is 87.3 Å². The van der Waals surface area contributed by atoms with Crippen LogP contribution < -0.4 is 0 Å². The van der Waals surface area contributed by atoms with Crippen LogP contribution in [0.4, 0.5) is 0 Å². The minimum absolute atomic E-state index is 0.221. The summed E-state index contributed by atoms with van der Waals surface area (Å²) in [5, 5.41) is 0. The number of unbranched alkanes of at least 4 members (excludes halogenated alkanes) is 5. The van der Waals surface area contributed by atoms with Crippen LogP contribution in [-0.2, 0) is 9.53 Å². The number of hydrogen-bond acceptors (Lipinski definition) is 2. The van der Waals surface area contributed by atoms with Gasteiger partial charge in [-0.05, 0) is 13.3 Å². The number of hydrogen-bond donors (Lipinski definition) is 0. The van der Waals surface area contributed by atoms with Gasteiger partial charge in [0, 0.05) is 6.08 Å². The molecule has 0 saturated heterocycles. The lowest BCUT2D eigenvalue weighted by Crippen LogP contribution is -2.01. The smallest absolute Gasteiger partial charge is 0.330 e. The van der Waals surface area contributed by atoms with Gasteiger partial charge in [0.25, 0.3) is 0 Å². The molecule has 0 aliphatic carbocycles. The van der Waals surface area contributed by atoms with E-state index in [0.717, 1.165) is 6.42 Å². The molecule has 0 N–H and O–H groups in total. The molecule has 0 aliphatic rings. The van der Waals surface area contributed by atoms with Crippen molar-refractivity contribution in [3.63, 3.8) is 0 Å². The van der Waals surface area contributed by atoms with Gasteiger partial charge in [0.05, 0.1) is 6.61 Å². The molecule has 0 amide bonds. The molecule has 0 unspecified atom stereocenters. The van der Waals surface area contributed by atoms with E-state index in [4.69, 9.17) is 4.74 Å². The van der Waals surface area contributed by atoms with E-state index in [1.807, 2.05) is 6.92 Å². The molecule has 0 aromatic rings. The zero-order chi connectivity index (χ0) is 10.6. The highest BCUT2D eigenvalue weighted by Gasteiger charge is 1.95. The lowest BCUT2D eigenvalue weighted by molar-refractivity contribution is -0.137. The Morgan fingerprint density at radius 2 is 1.79 bits per heavy atom. The van der Waals surface area contributed by atoms with E-state index in [-0.39, 0.29) is 5.97 Å². The second-order valence-electron chi connectivity index (χ2n) is 3.44. The topological polar surface area (TPSA) is 26.3 Å². The summed E-state index contributed by atoms with van der Waals surface area (Å²) in [6, 6.07) is 0. The van der Waals surface area contributed by atoms with Crippen molar-refractivity contribution in [1.29, 1.82) is 0 Å². The van der Waals surface area contributed by atoms with E-state index < -0.39 is 0 Å². The Morgan fingerprint density at radius 1 is 1.14 bits per heavy atom. The molecule has 0 radical (unpaired) electrons. The molecular formula is C12H22O2. The van der Waals surface area contributed by atoms with E-state index in [9.17, 15) is 4.79 Å². The molecule has 0 aliphatic heterocycles. The van der Waals surface area contributed by atoms with Crippen molar-refractivity contribution in [3.05, 3.63) is 12.2 Å². The summed E-state index contributed by atoms with van der Waals surface area (Å²) < 4.78 is 4.96. The van der Waals surface area contributed by atoms with Gasteiger partial charge in [0.15, 0.2) is 0 Å². The third kappa shape index (κ3) is 9.30. The zero-order valence-corrected chi connectivity index (χ0v) is 9.42. The third-order valence-electron chi connectivity index (χ3n) is 2.04. The second-order valence-corrected chi connectivity index (χ2v) is 3.44. The molecular weight excluding hydrogens is 176 g/mol. The van der Waals surface area contributed by atoms with Gasteiger partial charge in [0.1, 0.15) is 0 Å². The number of esters is 1. The largest absolute Gasteiger partial charge is 0.463 e.